The number of ketones is 1. The van der Waals surface area contributed by atoms with E-state index in [0.717, 1.165) is 22.6 Å². The summed E-state index contributed by atoms with van der Waals surface area (Å²) in [5, 5.41) is 5.04. The predicted molar refractivity (Wildman–Crippen MR) is 104 cm³/mol. The number of methoxy groups -OCH3 is 1. The molecule has 0 saturated heterocycles. The van der Waals surface area contributed by atoms with Gasteiger partial charge in [-0.25, -0.2) is 4.98 Å². The molecule has 3 rings (SSSR count). The Morgan fingerprint density at radius 1 is 1.38 bits per heavy atom. The van der Waals surface area contributed by atoms with E-state index < -0.39 is 0 Å². The molecule has 26 heavy (non-hydrogen) atoms. The summed E-state index contributed by atoms with van der Waals surface area (Å²) in [4.78, 5) is 21.3. The Kier molecular flexibility index (Phi) is 5.46. The topological polar surface area (TPSA) is 88.0 Å². The summed E-state index contributed by atoms with van der Waals surface area (Å²) in [7, 11) is 1.57. The molecular weight excluding hydrogens is 395 g/mol. The third kappa shape index (κ3) is 3.40. The number of aromatic nitrogens is 1. The SMILES string of the molecule is COCc1cc(C)nc2sc(C(=O)c3ccc(Cl)cc3Cl)c(N=[N+]=[N-])c12. The van der Waals surface area contributed by atoms with E-state index in [2.05, 4.69) is 15.0 Å². The van der Waals surface area contributed by atoms with Crippen LogP contribution in [0.1, 0.15) is 26.5 Å². The Morgan fingerprint density at radius 2 is 2.15 bits per heavy atom. The van der Waals surface area contributed by atoms with Crippen LogP contribution in [-0.4, -0.2) is 17.9 Å². The molecule has 0 saturated carbocycles. The van der Waals surface area contributed by atoms with Gasteiger partial charge in [0.1, 0.15) is 4.83 Å². The molecule has 0 bridgehead atoms. The molecule has 0 aliphatic rings. The van der Waals surface area contributed by atoms with Crippen molar-refractivity contribution in [1.29, 1.82) is 0 Å². The van der Waals surface area contributed by atoms with Gasteiger partial charge in [0.2, 0.25) is 5.78 Å². The summed E-state index contributed by atoms with van der Waals surface area (Å²) in [6.45, 7) is 2.16. The smallest absolute Gasteiger partial charge is 0.205 e. The van der Waals surface area contributed by atoms with Crippen LogP contribution in [0.15, 0.2) is 29.4 Å². The number of hydrogen-bond donors (Lipinski definition) is 0. The number of carbonyl (C=O) groups is 1. The number of pyridine rings is 1. The second-order valence-corrected chi connectivity index (χ2v) is 7.30. The average Bonchev–Trinajstić information content (AvgIpc) is 2.93. The summed E-state index contributed by atoms with van der Waals surface area (Å²) >= 11 is 13.2. The van der Waals surface area contributed by atoms with Crippen molar-refractivity contribution >= 4 is 56.2 Å². The average molecular weight is 407 g/mol. The number of nitrogens with zero attached hydrogens (tertiary/aromatic N) is 4. The summed E-state index contributed by atoms with van der Waals surface area (Å²) < 4.78 is 5.23. The van der Waals surface area contributed by atoms with Crippen LogP contribution in [0.3, 0.4) is 0 Å². The first-order valence-electron chi connectivity index (χ1n) is 7.43. The number of benzene rings is 1. The van der Waals surface area contributed by atoms with Crippen molar-refractivity contribution in [1.82, 2.24) is 4.98 Å². The van der Waals surface area contributed by atoms with Crippen molar-refractivity contribution < 1.29 is 9.53 Å². The minimum Gasteiger partial charge on any atom is -0.380 e. The molecule has 0 radical (unpaired) electrons. The molecule has 132 valence electrons. The lowest BCUT2D eigenvalue weighted by Crippen LogP contribution is -2.00. The van der Waals surface area contributed by atoms with Crippen molar-refractivity contribution in [2.24, 2.45) is 5.11 Å². The molecule has 3 aromatic rings. The second-order valence-electron chi connectivity index (χ2n) is 5.46. The van der Waals surface area contributed by atoms with E-state index in [9.17, 15) is 4.79 Å². The molecule has 0 unspecified atom stereocenters. The number of azide groups is 1. The third-order valence-corrected chi connectivity index (χ3v) is 5.29. The van der Waals surface area contributed by atoms with Gasteiger partial charge < -0.3 is 4.74 Å². The highest BCUT2D eigenvalue weighted by Gasteiger charge is 2.23. The van der Waals surface area contributed by atoms with Gasteiger partial charge in [0.05, 0.1) is 22.2 Å². The Morgan fingerprint density at radius 3 is 2.81 bits per heavy atom. The van der Waals surface area contributed by atoms with Crippen molar-refractivity contribution in [2.45, 2.75) is 13.5 Å². The third-order valence-electron chi connectivity index (χ3n) is 3.67. The Labute approximate surface area is 163 Å². The molecule has 0 N–H and O–H groups in total. The summed E-state index contributed by atoms with van der Waals surface area (Å²) in [6, 6.07) is 6.47. The van der Waals surface area contributed by atoms with Gasteiger partial charge in [0.25, 0.3) is 0 Å². The van der Waals surface area contributed by atoms with Gasteiger partial charge in [-0.2, -0.15) is 0 Å². The van der Waals surface area contributed by atoms with E-state index >= 15 is 0 Å². The molecule has 2 aromatic heterocycles. The second kappa shape index (κ2) is 7.61. The maximum absolute atomic E-state index is 13.0. The maximum atomic E-state index is 13.0. The van der Waals surface area contributed by atoms with E-state index in [1.54, 1.807) is 19.2 Å². The highest BCUT2D eigenvalue weighted by atomic mass is 35.5. The highest BCUT2D eigenvalue weighted by molar-refractivity contribution is 7.21. The fourth-order valence-electron chi connectivity index (χ4n) is 2.66. The van der Waals surface area contributed by atoms with Crippen LogP contribution in [0.4, 0.5) is 5.69 Å². The molecule has 2 heterocycles. The lowest BCUT2D eigenvalue weighted by Gasteiger charge is -2.05. The molecule has 6 nitrogen and oxygen atoms in total. The van der Waals surface area contributed by atoms with Crippen LogP contribution in [-0.2, 0) is 11.3 Å². The zero-order chi connectivity index (χ0) is 18.8. The maximum Gasteiger partial charge on any atom is 0.205 e. The number of fused-ring (bicyclic) bond motifs is 1. The van der Waals surface area contributed by atoms with Crippen molar-refractivity contribution in [3.63, 3.8) is 0 Å². The first-order chi connectivity index (χ1) is 12.5. The number of thiophene rings is 1. The Bertz CT molecular complexity index is 1070. The van der Waals surface area contributed by atoms with Gasteiger partial charge in [-0.1, -0.05) is 28.3 Å². The van der Waals surface area contributed by atoms with Gasteiger partial charge in [0, 0.05) is 33.7 Å². The van der Waals surface area contributed by atoms with Crippen molar-refractivity contribution in [3.05, 3.63) is 66.5 Å². The van der Waals surface area contributed by atoms with Crippen LogP contribution in [0.25, 0.3) is 20.7 Å². The summed E-state index contributed by atoms with van der Waals surface area (Å²) in [5.74, 6) is -0.349. The van der Waals surface area contributed by atoms with Crippen LogP contribution >= 0.6 is 34.5 Å². The number of halogens is 2. The number of ether oxygens (including phenoxy) is 1. The Hall–Kier alpha value is -2.15. The number of carbonyl (C=O) groups excluding carboxylic acids is 1. The largest absolute Gasteiger partial charge is 0.380 e. The molecule has 0 aliphatic carbocycles. The summed E-state index contributed by atoms with van der Waals surface area (Å²) in [5.41, 5.74) is 11.1. The standard InChI is InChI=1S/C17H12Cl2N4O2S/c1-8-5-9(7-25-2)13-14(22-23-20)16(26-17(13)21-8)15(24)11-4-3-10(18)6-12(11)19/h3-6H,7H2,1-2H3. The minimum atomic E-state index is -0.349. The fourth-order valence-corrected chi connectivity index (χ4v) is 4.30. The van der Waals surface area contributed by atoms with Crippen molar-refractivity contribution in [2.75, 3.05) is 7.11 Å². The van der Waals surface area contributed by atoms with Crippen LogP contribution in [0.2, 0.25) is 10.0 Å². The van der Waals surface area contributed by atoms with E-state index in [-0.39, 0.29) is 26.9 Å². The van der Waals surface area contributed by atoms with Crippen LogP contribution in [0.5, 0.6) is 0 Å². The minimum absolute atomic E-state index is 0.230. The molecular formula is C17H12Cl2N4O2S. The molecule has 0 atom stereocenters. The molecule has 0 fully saturated rings. The molecule has 1 aromatic carbocycles. The van der Waals surface area contributed by atoms with E-state index in [4.69, 9.17) is 33.5 Å². The van der Waals surface area contributed by atoms with Crippen LogP contribution < -0.4 is 0 Å². The van der Waals surface area contributed by atoms with Crippen molar-refractivity contribution in [3.8, 4) is 0 Å². The first kappa shape index (κ1) is 18.6. The molecule has 9 heteroatoms. The zero-order valence-corrected chi connectivity index (χ0v) is 16.1. The first-order valence-corrected chi connectivity index (χ1v) is 9.00. The lowest BCUT2D eigenvalue weighted by atomic mass is 10.1. The zero-order valence-electron chi connectivity index (χ0n) is 13.8. The predicted octanol–water partition coefficient (Wildman–Crippen LogP) is 6.23. The fraction of sp³-hybridized carbons (Fsp3) is 0.176. The number of aryl methyl sites for hydroxylation is 1. The normalized spacial score (nSPS) is 10.8. The van der Waals surface area contributed by atoms with Gasteiger partial charge >= 0.3 is 0 Å². The lowest BCUT2D eigenvalue weighted by molar-refractivity contribution is 0.104. The van der Waals surface area contributed by atoms with Gasteiger partial charge in [-0.3, -0.25) is 4.79 Å². The highest BCUT2D eigenvalue weighted by Crippen LogP contribution is 2.41. The van der Waals surface area contributed by atoms with E-state index in [0.29, 0.717) is 21.8 Å². The van der Waals surface area contributed by atoms with E-state index in [1.165, 1.54) is 6.07 Å². The molecule has 0 spiro atoms. The van der Waals surface area contributed by atoms with Gasteiger partial charge in [-0.15, -0.1) is 11.3 Å². The van der Waals surface area contributed by atoms with E-state index in [1.807, 2.05) is 13.0 Å². The number of hydrogen-bond acceptors (Lipinski definition) is 5. The molecule has 0 aliphatic heterocycles. The van der Waals surface area contributed by atoms with Gasteiger partial charge in [-0.05, 0) is 42.3 Å². The summed E-state index contributed by atoms with van der Waals surface area (Å²) in [6.07, 6.45) is 0. The quantitative estimate of drug-likeness (QED) is 0.217. The van der Waals surface area contributed by atoms with Gasteiger partial charge in [0.15, 0.2) is 0 Å². The van der Waals surface area contributed by atoms with Crippen LogP contribution in [0, 0.1) is 6.92 Å². The molecule has 0 amide bonds. The Balaban J connectivity index is 2.28. The monoisotopic (exact) mass is 406 g/mol. The number of rotatable bonds is 5.